The topological polar surface area (TPSA) is 69.2 Å². The van der Waals surface area contributed by atoms with Gasteiger partial charge in [-0.15, -0.1) is 0 Å². The summed E-state index contributed by atoms with van der Waals surface area (Å²) in [6.45, 7) is 7.26. The molecular weight excluding hydrogens is 444 g/mol. The van der Waals surface area contributed by atoms with Gasteiger partial charge in [-0.2, -0.15) is 0 Å². The minimum atomic E-state index is 0.594. The SMILES string of the molecule is CCN(CC)c1nc(-c2ccc(OCCN(C)C)cc2)cc(-c2cc(OC)c(OC)cc2OC)n1. The van der Waals surface area contributed by atoms with Crippen molar-refractivity contribution >= 4 is 5.95 Å². The Hall–Kier alpha value is -3.52. The third kappa shape index (κ3) is 6.33. The van der Waals surface area contributed by atoms with Crippen LogP contribution < -0.4 is 23.8 Å². The van der Waals surface area contributed by atoms with Crippen molar-refractivity contribution in [3.63, 3.8) is 0 Å². The Morgan fingerprint density at radius 3 is 1.91 bits per heavy atom. The molecule has 3 aromatic rings. The molecule has 0 aliphatic rings. The molecule has 0 N–H and O–H groups in total. The number of hydrogen-bond donors (Lipinski definition) is 0. The lowest BCUT2D eigenvalue weighted by atomic mass is 10.1. The average molecular weight is 481 g/mol. The number of ether oxygens (including phenoxy) is 4. The van der Waals surface area contributed by atoms with Gasteiger partial charge in [0.15, 0.2) is 11.5 Å². The van der Waals surface area contributed by atoms with Crippen LogP contribution in [0.5, 0.6) is 23.0 Å². The molecule has 3 rings (SSSR count). The lowest BCUT2D eigenvalue weighted by Crippen LogP contribution is -2.24. The third-order valence-corrected chi connectivity index (χ3v) is 5.70. The summed E-state index contributed by atoms with van der Waals surface area (Å²) in [6, 6.07) is 13.7. The third-order valence-electron chi connectivity index (χ3n) is 5.70. The van der Waals surface area contributed by atoms with Crippen molar-refractivity contribution in [2.45, 2.75) is 13.8 Å². The highest BCUT2D eigenvalue weighted by atomic mass is 16.5. The maximum Gasteiger partial charge on any atom is 0.226 e. The molecule has 0 bridgehead atoms. The molecule has 0 radical (unpaired) electrons. The summed E-state index contributed by atoms with van der Waals surface area (Å²) in [5.41, 5.74) is 3.32. The number of methoxy groups -OCH3 is 3. The van der Waals surface area contributed by atoms with Gasteiger partial charge in [0.1, 0.15) is 18.1 Å². The van der Waals surface area contributed by atoms with Gasteiger partial charge in [0.2, 0.25) is 5.95 Å². The van der Waals surface area contributed by atoms with Gasteiger partial charge < -0.3 is 28.7 Å². The van der Waals surface area contributed by atoms with Gasteiger partial charge in [0.25, 0.3) is 0 Å². The summed E-state index contributed by atoms with van der Waals surface area (Å²) >= 11 is 0. The normalized spacial score (nSPS) is 10.9. The molecule has 0 amide bonds. The average Bonchev–Trinajstić information content (AvgIpc) is 2.88. The molecule has 0 unspecified atom stereocenters. The first-order valence-corrected chi connectivity index (χ1v) is 11.8. The van der Waals surface area contributed by atoms with Gasteiger partial charge in [0.05, 0.1) is 32.7 Å². The van der Waals surface area contributed by atoms with E-state index in [0.29, 0.717) is 29.8 Å². The van der Waals surface area contributed by atoms with Crippen LogP contribution in [-0.2, 0) is 0 Å². The van der Waals surface area contributed by atoms with Crippen molar-refractivity contribution in [3.8, 4) is 45.5 Å². The second kappa shape index (κ2) is 12.3. The predicted molar refractivity (Wildman–Crippen MR) is 140 cm³/mol. The Labute approximate surface area is 208 Å². The lowest BCUT2D eigenvalue weighted by Gasteiger charge is -2.21. The summed E-state index contributed by atoms with van der Waals surface area (Å²) < 4.78 is 22.5. The van der Waals surface area contributed by atoms with Crippen molar-refractivity contribution in [1.29, 1.82) is 0 Å². The highest BCUT2D eigenvalue weighted by Gasteiger charge is 2.18. The molecule has 0 spiro atoms. The van der Waals surface area contributed by atoms with Gasteiger partial charge in [-0.1, -0.05) is 0 Å². The molecule has 0 aliphatic carbocycles. The van der Waals surface area contributed by atoms with Gasteiger partial charge in [-0.25, -0.2) is 9.97 Å². The highest BCUT2D eigenvalue weighted by molar-refractivity contribution is 5.76. The minimum Gasteiger partial charge on any atom is -0.496 e. The Bertz CT molecular complexity index is 1100. The fourth-order valence-electron chi connectivity index (χ4n) is 3.67. The molecule has 0 saturated heterocycles. The van der Waals surface area contributed by atoms with E-state index in [1.807, 2.05) is 56.6 Å². The van der Waals surface area contributed by atoms with E-state index in [-0.39, 0.29) is 0 Å². The van der Waals surface area contributed by atoms with Gasteiger partial charge in [-0.3, -0.25) is 0 Å². The fourth-order valence-corrected chi connectivity index (χ4v) is 3.67. The molecule has 188 valence electrons. The first kappa shape index (κ1) is 26.1. The molecule has 1 heterocycles. The molecule has 8 nitrogen and oxygen atoms in total. The van der Waals surface area contributed by atoms with Crippen LogP contribution in [0.1, 0.15) is 13.8 Å². The Kier molecular flexibility index (Phi) is 9.14. The first-order chi connectivity index (χ1) is 16.9. The van der Waals surface area contributed by atoms with E-state index in [4.69, 9.17) is 28.9 Å². The number of likely N-dealkylation sites (N-methyl/N-ethyl adjacent to an activating group) is 1. The number of anilines is 1. The van der Waals surface area contributed by atoms with Gasteiger partial charge >= 0.3 is 0 Å². The van der Waals surface area contributed by atoms with E-state index in [0.717, 1.165) is 47.9 Å². The molecule has 0 aliphatic heterocycles. The van der Waals surface area contributed by atoms with E-state index >= 15 is 0 Å². The van der Waals surface area contributed by atoms with Crippen LogP contribution in [-0.4, -0.2) is 76.5 Å². The van der Waals surface area contributed by atoms with Gasteiger partial charge in [-0.05, 0) is 64.3 Å². The van der Waals surface area contributed by atoms with Crippen LogP contribution in [0.3, 0.4) is 0 Å². The van der Waals surface area contributed by atoms with Crippen molar-refractivity contribution < 1.29 is 18.9 Å². The molecule has 0 fully saturated rings. The highest BCUT2D eigenvalue weighted by Crippen LogP contribution is 2.40. The number of hydrogen-bond acceptors (Lipinski definition) is 8. The Morgan fingerprint density at radius 2 is 1.34 bits per heavy atom. The second-order valence-electron chi connectivity index (χ2n) is 8.19. The smallest absolute Gasteiger partial charge is 0.226 e. The van der Waals surface area contributed by atoms with E-state index in [9.17, 15) is 0 Å². The molecule has 35 heavy (non-hydrogen) atoms. The van der Waals surface area contributed by atoms with Crippen LogP contribution >= 0.6 is 0 Å². The van der Waals surface area contributed by atoms with E-state index in [1.165, 1.54) is 0 Å². The van der Waals surface area contributed by atoms with Crippen LogP contribution in [0.2, 0.25) is 0 Å². The minimum absolute atomic E-state index is 0.594. The van der Waals surface area contributed by atoms with E-state index in [2.05, 4.69) is 23.6 Å². The zero-order valence-corrected chi connectivity index (χ0v) is 21.8. The van der Waals surface area contributed by atoms with Crippen molar-refractivity contribution in [2.24, 2.45) is 0 Å². The molecule has 1 aromatic heterocycles. The van der Waals surface area contributed by atoms with Crippen LogP contribution in [0.4, 0.5) is 5.95 Å². The maximum absolute atomic E-state index is 5.85. The number of benzene rings is 2. The number of rotatable bonds is 12. The van der Waals surface area contributed by atoms with Crippen LogP contribution in [0.25, 0.3) is 22.5 Å². The summed E-state index contributed by atoms with van der Waals surface area (Å²) in [6.07, 6.45) is 0. The quantitative estimate of drug-likeness (QED) is 0.372. The van der Waals surface area contributed by atoms with Crippen molar-refractivity contribution in [3.05, 3.63) is 42.5 Å². The Balaban J connectivity index is 2.07. The zero-order chi connectivity index (χ0) is 25.4. The first-order valence-electron chi connectivity index (χ1n) is 11.8. The molecule has 8 heteroatoms. The molecule has 2 aromatic carbocycles. The molecule has 0 saturated carbocycles. The molecular formula is C27H36N4O4. The monoisotopic (exact) mass is 480 g/mol. The standard InChI is InChI=1S/C27H36N4O4/c1-8-31(9-2)27-28-22(19-10-12-20(13-11-19)35-15-14-30(3)4)17-23(29-27)21-16-25(33-6)26(34-7)18-24(21)32-5/h10-13,16-18H,8-9,14-15H2,1-7H3. The largest absolute Gasteiger partial charge is 0.496 e. The Morgan fingerprint density at radius 1 is 0.743 bits per heavy atom. The summed E-state index contributed by atoms with van der Waals surface area (Å²) in [5.74, 6) is 3.33. The molecule has 0 atom stereocenters. The van der Waals surface area contributed by atoms with Crippen molar-refractivity contribution in [1.82, 2.24) is 14.9 Å². The van der Waals surface area contributed by atoms with Crippen molar-refractivity contribution in [2.75, 3.05) is 66.6 Å². The maximum atomic E-state index is 5.85. The fraction of sp³-hybridized carbons (Fsp3) is 0.407. The number of aromatic nitrogens is 2. The van der Waals surface area contributed by atoms with E-state index in [1.54, 1.807) is 21.3 Å². The second-order valence-corrected chi connectivity index (χ2v) is 8.19. The lowest BCUT2D eigenvalue weighted by molar-refractivity contribution is 0.261. The number of nitrogens with zero attached hydrogens (tertiary/aromatic N) is 4. The summed E-state index contributed by atoms with van der Waals surface area (Å²) in [7, 11) is 8.91. The van der Waals surface area contributed by atoms with Crippen LogP contribution in [0.15, 0.2) is 42.5 Å². The summed E-state index contributed by atoms with van der Waals surface area (Å²) in [5, 5.41) is 0. The van der Waals surface area contributed by atoms with E-state index < -0.39 is 0 Å². The van der Waals surface area contributed by atoms with Crippen LogP contribution in [0, 0.1) is 0 Å². The zero-order valence-electron chi connectivity index (χ0n) is 21.8. The summed E-state index contributed by atoms with van der Waals surface area (Å²) in [4.78, 5) is 14.0. The predicted octanol–water partition coefficient (Wildman–Crippen LogP) is 4.62. The van der Waals surface area contributed by atoms with Gasteiger partial charge in [0, 0.05) is 36.8 Å².